The number of imidazole rings is 1. The van der Waals surface area contributed by atoms with Crippen molar-refractivity contribution in [2.24, 2.45) is 0 Å². The minimum atomic E-state index is -3.89. The molecule has 138 valence electrons. The minimum Gasteiger partial charge on any atom is -0.231 e. The van der Waals surface area contributed by atoms with Crippen LogP contribution < -0.4 is 0 Å². The summed E-state index contributed by atoms with van der Waals surface area (Å²) in [6, 6.07) is 8.26. The molecule has 0 amide bonds. The van der Waals surface area contributed by atoms with Gasteiger partial charge in [-0.15, -0.1) is 0 Å². The number of rotatable bonds is 5. The summed E-state index contributed by atoms with van der Waals surface area (Å²) >= 11 is 6.14. The number of hydrogen-bond acceptors (Lipinski definition) is 4. The van der Waals surface area contributed by atoms with Crippen LogP contribution >= 0.6 is 11.6 Å². The van der Waals surface area contributed by atoms with Gasteiger partial charge in [-0.05, 0) is 43.7 Å². The molecule has 0 radical (unpaired) electrons. The fraction of sp³-hybridized carbons (Fsp3) is 0.294. The Hall–Kier alpha value is -2.03. The molecule has 1 atom stereocenters. The Labute approximate surface area is 156 Å². The zero-order chi connectivity index (χ0) is 19.1. The highest BCUT2D eigenvalue weighted by molar-refractivity contribution is 7.89. The lowest BCUT2D eigenvalue weighted by Crippen LogP contribution is -2.34. The summed E-state index contributed by atoms with van der Waals surface area (Å²) in [5.41, 5.74) is 1.73. The second kappa shape index (κ2) is 6.94. The van der Waals surface area contributed by atoms with Gasteiger partial charge in [-0.3, -0.25) is 0 Å². The van der Waals surface area contributed by atoms with E-state index in [2.05, 4.69) is 10.1 Å². The van der Waals surface area contributed by atoms with Crippen molar-refractivity contribution in [3.8, 4) is 0 Å². The van der Waals surface area contributed by atoms with Gasteiger partial charge in [0, 0.05) is 12.6 Å². The van der Waals surface area contributed by atoms with Gasteiger partial charge in [-0.2, -0.15) is 9.40 Å². The summed E-state index contributed by atoms with van der Waals surface area (Å²) in [5, 5.41) is 4.30. The van der Waals surface area contributed by atoms with Crippen molar-refractivity contribution in [2.75, 3.05) is 6.54 Å². The first-order valence-corrected chi connectivity index (χ1v) is 9.86. The molecule has 26 heavy (non-hydrogen) atoms. The zero-order valence-electron chi connectivity index (χ0n) is 14.5. The highest BCUT2D eigenvalue weighted by Gasteiger charge is 2.30. The van der Waals surface area contributed by atoms with Crippen LogP contribution in [-0.4, -0.2) is 33.9 Å². The Balaban J connectivity index is 2.04. The molecule has 2 aromatic heterocycles. The third kappa shape index (κ3) is 3.20. The first-order valence-electron chi connectivity index (χ1n) is 8.05. The second-order valence-electron chi connectivity index (χ2n) is 5.87. The van der Waals surface area contributed by atoms with Crippen LogP contribution in [0.5, 0.6) is 0 Å². The van der Waals surface area contributed by atoms with E-state index in [1.54, 1.807) is 39.0 Å². The van der Waals surface area contributed by atoms with Crippen LogP contribution in [0.15, 0.2) is 41.4 Å². The molecule has 0 aliphatic carbocycles. The normalized spacial score (nSPS) is 13.5. The topological polar surface area (TPSA) is 67.6 Å². The molecule has 0 bridgehead atoms. The Morgan fingerprint density at radius 3 is 2.50 bits per heavy atom. The van der Waals surface area contributed by atoms with Crippen molar-refractivity contribution in [1.29, 1.82) is 0 Å². The predicted octanol–water partition coefficient (Wildman–Crippen LogP) is 3.60. The van der Waals surface area contributed by atoms with Crippen LogP contribution in [0, 0.1) is 12.7 Å². The molecule has 1 aromatic carbocycles. The maximum Gasteiger partial charge on any atom is 0.262 e. The average Bonchev–Trinajstić information content (AvgIpc) is 2.89. The van der Waals surface area contributed by atoms with Gasteiger partial charge in [0.05, 0.1) is 5.69 Å². The molecule has 0 unspecified atom stereocenters. The van der Waals surface area contributed by atoms with E-state index in [4.69, 9.17) is 11.6 Å². The van der Waals surface area contributed by atoms with Gasteiger partial charge >= 0.3 is 0 Å². The first kappa shape index (κ1) is 18.8. The molecular weight excluding hydrogens is 379 g/mol. The Bertz CT molecular complexity index is 1050. The molecule has 0 fully saturated rings. The molecular formula is C17H18ClFN4O2S. The number of fused-ring (bicyclic) bond motifs is 1. The lowest BCUT2D eigenvalue weighted by atomic mass is 10.1. The van der Waals surface area contributed by atoms with Crippen LogP contribution in [0.3, 0.4) is 0 Å². The van der Waals surface area contributed by atoms with Gasteiger partial charge < -0.3 is 0 Å². The Morgan fingerprint density at radius 2 is 1.88 bits per heavy atom. The van der Waals surface area contributed by atoms with Crippen molar-refractivity contribution in [1.82, 2.24) is 18.9 Å². The third-order valence-corrected chi connectivity index (χ3v) is 6.60. The van der Waals surface area contributed by atoms with E-state index >= 15 is 0 Å². The van der Waals surface area contributed by atoms with Gasteiger partial charge in [0.15, 0.2) is 15.8 Å². The van der Waals surface area contributed by atoms with E-state index in [1.807, 2.05) is 0 Å². The summed E-state index contributed by atoms with van der Waals surface area (Å²) < 4.78 is 42.0. The number of sulfonamides is 1. The lowest BCUT2D eigenvalue weighted by molar-refractivity contribution is 0.355. The summed E-state index contributed by atoms with van der Waals surface area (Å²) in [7, 11) is -3.89. The van der Waals surface area contributed by atoms with Gasteiger partial charge in [0.1, 0.15) is 5.82 Å². The highest BCUT2D eigenvalue weighted by Crippen LogP contribution is 2.27. The molecule has 3 aromatic rings. The van der Waals surface area contributed by atoms with Crippen LogP contribution in [0.1, 0.15) is 31.1 Å². The number of benzene rings is 1. The summed E-state index contributed by atoms with van der Waals surface area (Å²) in [5.74, 6) is -0.371. The lowest BCUT2D eigenvalue weighted by Gasteiger charge is -2.27. The van der Waals surface area contributed by atoms with Crippen molar-refractivity contribution in [3.05, 3.63) is 58.6 Å². The monoisotopic (exact) mass is 396 g/mol. The molecule has 3 rings (SSSR count). The fourth-order valence-electron chi connectivity index (χ4n) is 2.82. The largest absolute Gasteiger partial charge is 0.262 e. The van der Waals surface area contributed by atoms with Crippen LogP contribution in [0.25, 0.3) is 5.65 Å². The molecule has 0 saturated carbocycles. The van der Waals surface area contributed by atoms with E-state index in [-0.39, 0.29) is 22.5 Å². The third-order valence-electron chi connectivity index (χ3n) is 4.23. The van der Waals surface area contributed by atoms with Gasteiger partial charge in [-0.25, -0.2) is 22.3 Å². The van der Waals surface area contributed by atoms with Crippen molar-refractivity contribution in [3.63, 3.8) is 0 Å². The van der Waals surface area contributed by atoms with E-state index in [0.717, 1.165) is 0 Å². The number of halogens is 2. The standard InChI is InChI=1S/C17H18ClFN4O2S/c1-4-22(12(3)13-5-7-14(19)8-6-13)26(24,25)16-10-9-15-20-11(2)17(18)23(15)21-16/h5-10,12H,4H2,1-3H3/t12-/m0/s1. The zero-order valence-corrected chi connectivity index (χ0v) is 16.1. The van der Waals surface area contributed by atoms with E-state index in [0.29, 0.717) is 16.9 Å². The fourth-order valence-corrected chi connectivity index (χ4v) is 4.53. The van der Waals surface area contributed by atoms with Gasteiger partial charge in [-0.1, -0.05) is 30.7 Å². The molecule has 0 aliphatic heterocycles. The molecule has 6 nitrogen and oxygen atoms in total. The maximum absolute atomic E-state index is 13.2. The molecule has 0 N–H and O–H groups in total. The molecule has 9 heteroatoms. The van der Waals surface area contributed by atoms with Gasteiger partial charge in [0.2, 0.25) is 0 Å². The summed E-state index contributed by atoms with van der Waals surface area (Å²) in [6.07, 6.45) is 0. The Morgan fingerprint density at radius 1 is 1.23 bits per heavy atom. The van der Waals surface area contributed by atoms with Crippen LogP contribution in [-0.2, 0) is 10.0 Å². The van der Waals surface area contributed by atoms with E-state index < -0.39 is 16.1 Å². The Kier molecular flexibility index (Phi) is 5.01. The number of aromatic nitrogens is 3. The van der Waals surface area contributed by atoms with Crippen LogP contribution in [0.2, 0.25) is 5.15 Å². The van der Waals surface area contributed by atoms with Crippen LogP contribution in [0.4, 0.5) is 4.39 Å². The highest BCUT2D eigenvalue weighted by atomic mass is 35.5. The van der Waals surface area contributed by atoms with Crippen molar-refractivity contribution < 1.29 is 12.8 Å². The molecule has 2 heterocycles. The van der Waals surface area contributed by atoms with Crippen molar-refractivity contribution in [2.45, 2.75) is 31.8 Å². The first-order chi connectivity index (χ1) is 12.3. The predicted molar refractivity (Wildman–Crippen MR) is 97.1 cm³/mol. The molecule has 0 spiro atoms. The quantitative estimate of drug-likeness (QED) is 0.660. The second-order valence-corrected chi connectivity index (χ2v) is 8.06. The average molecular weight is 397 g/mol. The molecule has 0 saturated heterocycles. The minimum absolute atomic E-state index is 0.125. The van der Waals surface area contributed by atoms with E-state index in [1.165, 1.54) is 27.0 Å². The van der Waals surface area contributed by atoms with Crippen molar-refractivity contribution >= 4 is 27.3 Å². The number of nitrogens with zero attached hydrogens (tertiary/aromatic N) is 4. The SMILES string of the molecule is CCN([C@@H](C)c1ccc(F)cc1)S(=O)(=O)c1ccc2nc(C)c(Cl)n2n1. The van der Waals surface area contributed by atoms with Gasteiger partial charge in [0.25, 0.3) is 10.0 Å². The van der Waals surface area contributed by atoms with E-state index in [9.17, 15) is 12.8 Å². The summed E-state index contributed by atoms with van der Waals surface area (Å²) in [6.45, 7) is 5.45. The smallest absolute Gasteiger partial charge is 0.231 e. The maximum atomic E-state index is 13.2. The molecule has 0 aliphatic rings. The summed E-state index contributed by atoms with van der Waals surface area (Å²) in [4.78, 5) is 4.22. The number of hydrogen-bond donors (Lipinski definition) is 0. The number of aryl methyl sites for hydroxylation is 1.